The minimum absolute atomic E-state index is 0. The molecule has 0 spiro atoms. The van der Waals surface area contributed by atoms with E-state index in [0.717, 1.165) is 0 Å². The Morgan fingerprint density at radius 3 is 2.58 bits per heavy atom. The van der Waals surface area contributed by atoms with Gasteiger partial charge in [0, 0.05) is 18.2 Å². The Hall–Kier alpha value is -1.56. The van der Waals surface area contributed by atoms with E-state index in [9.17, 15) is 19.8 Å². The molecule has 2 aliphatic rings. The second-order valence-electron chi connectivity index (χ2n) is 7.43. The first-order valence-corrected chi connectivity index (χ1v) is 10.6. The van der Waals surface area contributed by atoms with Gasteiger partial charge in [0.25, 0.3) is 0 Å². The molecular weight excluding hydrogens is 491 g/mol. The van der Waals surface area contributed by atoms with Gasteiger partial charge in [-0.1, -0.05) is 41.0 Å². The van der Waals surface area contributed by atoms with E-state index >= 15 is 0 Å². The molecule has 1 heterocycles. The Bertz CT molecular complexity index is 1020. The lowest BCUT2D eigenvalue weighted by molar-refractivity contribution is -0.152. The second kappa shape index (κ2) is 8.76. The highest BCUT2D eigenvalue weighted by Gasteiger charge is 2.78. The van der Waals surface area contributed by atoms with Crippen molar-refractivity contribution >= 4 is 59.3 Å². The Morgan fingerprint density at radius 1 is 1.32 bits per heavy atom. The number of thioether (sulfide) groups is 1. The van der Waals surface area contributed by atoms with E-state index in [2.05, 4.69) is 10.1 Å². The van der Waals surface area contributed by atoms with Crippen LogP contribution in [0.25, 0.3) is 0 Å². The lowest BCUT2D eigenvalue weighted by Gasteiger charge is -2.34. The number of carbonyl (C=O) groups is 2. The van der Waals surface area contributed by atoms with E-state index in [4.69, 9.17) is 33.7 Å². The number of aromatic nitrogens is 3. The van der Waals surface area contributed by atoms with E-state index in [1.54, 1.807) is 25.2 Å². The van der Waals surface area contributed by atoms with Gasteiger partial charge in [-0.15, -0.1) is 12.4 Å². The van der Waals surface area contributed by atoms with E-state index in [-0.39, 0.29) is 19.0 Å². The number of aryl methyl sites for hydroxylation is 1. The van der Waals surface area contributed by atoms with Gasteiger partial charge in [-0.2, -0.15) is 5.10 Å². The Balaban J connectivity index is 0.00000272. The third kappa shape index (κ3) is 4.01. The molecule has 2 saturated carbocycles. The van der Waals surface area contributed by atoms with Gasteiger partial charge in [-0.25, -0.2) is 9.67 Å². The molecule has 0 saturated heterocycles. The summed E-state index contributed by atoms with van der Waals surface area (Å²) in [5.74, 6) is -4.39. The lowest BCUT2D eigenvalue weighted by atomic mass is 9.88. The summed E-state index contributed by atoms with van der Waals surface area (Å²) in [4.78, 5) is 28.0. The summed E-state index contributed by atoms with van der Waals surface area (Å²) in [6.07, 6.45) is 0.422. The predicted molar refractivity (Wildman–Crippen MR) is 116 cm³/mol. The van der Waals surface area contributed by atoms with Gasteiger partial charge < -0.3 is 20.7 Å². The first-order valence-electron chi connectivity index (χ1n) is 8.97. The molecule has 0 unspecified atom stereocenters. The highest BCUT2D eigenvalue weighted by Crippen LogP contribution is 2.65. The van der Waals surface area contributed by atoms with Crippen LogP contribution in [0.2, 0.25) is 10.0 Å². The Labute approximate surface area is 197 Å². The van der Waals surface area contributed by atoms with E-state index in [1.165, 1.54) is 22.8 Å². The van der Waals surface area contributed by atoms with Crippen LogP contribution in [0.3, 0.4) is 0 Å². The zero-order valence-corrected chi connectivity index (χ0v) is 19.2. The molecule has 1 aromatic carbocycles. The van der Waals surface area contributed by atoms with Crippen LogP contribution >= 0.6 is 47.4 Å². The van der Waals surface area contributed by atoms with Crippen LogP contribution < -0.4 is 5.73 Å². The van der Waals surface area contributed by atoms with Gasteiger partial charge in [0.15, 0.2) is 5.16 Å². The number of rotatable bonds is 7. The molecule has 2 aliphatic carbocycles. The molecule has 0 amide bonds. The van der Waals surface area contributed by atoms with E-state index in [0.29, 0.717) is 20.8 Å². The van der Waals surface area contributed by atoms with Crippen molar-refractivity contribution < 1.29 is 24.5 Å². The van der Waals surface area contributed by atoms with Gasteiger partial charge in [-0.05, 0) is 23.6 Å². The molecule has 13 heteroatoms. The summed E-state index contributed by atoms with van der Waals surface area (Å²) in [7, 11) is 1.70. The number of carboxylic acids is 2. The minimum atomic E-state index is -1.85. The molecule has 0 radical (unpaired) electrons. The first kappa shape index (κ1) is 24.1. The van der Waals surface area contributed by atoms with Crippen LogP contribution in [-0.2, 0) is 28.0 Å². The topological polar surface area (TPSA) is 141 Å². The highest BCUT2D eigenvalue weighted by atomic mass is 35.5. The third-order valence-corrected chi connectivity index (χ3v) is 7.91. The zero-order valence-electron chi connectivity index (χ0n) is 16.0. The van der Waals surface area contributed by atoms with Crippen molar-refractivity contribution in [2.24, 2.45) is 30.5 Å². The van der Waals surface area contributed by atoms with E-state index < -0.39 is 46.6 Å². The number of fused-ring (bicyclic) bond motifs is 1. The van der Waals surface area contributed by atoms with Crippen molar-refractivity contribution in [3.05, 3.63) is 40.1 Å². The number of halogens is 3. The third-order valence-electron chi connectivity index (χ3n) is 5.76. The maximum absolute atomic E-state index is 12.2. The number of ether oxygens (including phenoxy) is 1. The number of carboxylic acid groups (broad SMARTS) is 2. The number of aliphatic carboxylic acids is 2. The lowest BCUT2D eigenvalue weighted by Crippen LogP contribution is -2.61. The SMILES string of the molecule is Cl.Cn1ncnc1S[C@H]1[C@H]2[C@H](C(=O)O)[C@H]2[C@](N)(C(=O)O)[C@@H]1OCc1ccc(Cl)c(Cl)c1. The summed E-state index contributed by atoms with van der Waals surface area (Å²) < 4.78 is 7.55. The van der Waals surface area contributed by atoms with Crippen LogP contribution in [0.4, 0.5) is 0 Å². The van der Waals surface area contributed by atoms with Crippen LogP contribution in [0.15, 0.2) is 29.7 Å². The molecule has 9 nitrogen and oxygen atoms in total. The molecule has 168 valence electrons. The fourth-order valence-electron chi connectivity index (χ4n) is 4.31. The van der Waals surface area contributed by atoms with Crippen molar-refractivity contribution in [2.75, 3.05) is 0 Å². The molecule has 4 rings (SSSR count). The maximum Gasteiger partial charge on any atom is 0.326 e. The molecule has 31 heavy (non-hydrogen) atoms. The standard InChI is InChI=1S/C18H18Cl2N4O5S.ClH/c1-24-17(22-6-23-24)30-13-10-11(15(25)26)12(10)18(21,16(27)28)14(13)29-5-7-2-3-8(19)9(20)4-7;/h2-4,6,10-14H,5,21H2,1H3,(H,25,26)(H,27,28);1H/t10-,11-,12-,13-,14+,18+;/m0./s1. The van der Waals surface area contributed by atoms with Gasteiger partial charge in [0.2, 0.25) is 0 Å². The molecule has 6 atom stereocenters. The molecule has 0 bridgehead atoms. The molecule has 2 fully saturated rings. The summed E-state index contributed by atoms with van der Waals surface area (Å²) >= 11 is 13.2. The van der Waals surface area contributed by atoms with Gasteiger partial charge >= 0.3 is 11.9 Å². The summed E-state index contributed by atoms with van der Waals surface area (Å²) in [6, 6.07) is 4.96. The van der Waals surface area contributed by atoms with Crippen LogP contribution in [0.5, 0.6) is 0 Å². The largest absolute Gasteiger partial charge is 0.481 e. The predicted octanol–water partition coefficient (Wildman–Crippen LogP) is 2.33. The average Bonchev–Trinajstić information content (AvgIpc) is 3.24. The van der Waals surface area contributed by atoms with Gasteiger partial charge in [0.05, 0.1) is 28.7 Å². The minimum Gasteiger partial charge on any atom is -0.481 e. The highest BCUT2D eigenvalue weighted by molar-refractivity contribution is 7.99. The number of nitrogens with two attached hydrogens (primary N) is 1. The number of benzene rings is 1. The van der Waals surface area contributed by atoms with Crippen LogP contribution in [0.1, 0.15) is 5.56 Å². The van der Waals surface area contributed by atoms with Crippen molar-refractivity contribution in [3.63, 3.8) is 0 Å². The summed E-state index contributed by atoms with van der Waals surface area (Å²) in [5, 5.41) is 24.2. The van der Waals surface area contributed by atoms with Crippen molar-refractivity contribution in [3.8, 4) is 0 Å². The monoisotopic (exact) mass is 508 g/mol. The van der Waals surface area contributed by atoms with Crippen LogP contribution in [0, 0.1) is 17.8 Å². The smallest absolute Gasteiger partial charge is 0.326 e. The molecular formula is C18H19Cl3N4O5S. The molecule has 2 aromatic rings. The van der Waals surface area contributed by atoms with Gasteiger partial charge in [-0.3, -0.25) is 9.59 Å². The normalized spacial score (nSPS) is 31.0. The summed E-state index contributed by atoms with van der Waals surface area (Å²) in [6.45, 7) is 0.0425. The van der Waals surface area contributed by atoms with E-state index in [1.807, 2.05) is 0 Å². The van der Waals surface area contributed by atoms with Crippen molar-refractivity contribution in [2.45, 2.75) is 28.7 Å². The first-order chi connectivity index (χ1) is 14.2. The van der Waals surface area contributed by atoms with Crippen molar-refractivity contribution in [1.82, 2.24) is 14.8 Å². The number of nitrogens with zero attached hydrogens (tertiary/aromatic N) is 3. The quantitative estimate of drug-likeness (QED) is 0.513. The second-order valence-corrected chi connectivity index (χ2v) is 9.39. The number of hydrogen-bond acceptors (Lipinski definition) is 7. The Morgan fingerprint density at radius 2 is 2.03 bits per heavy atom. The number of hydrogen-bond donors (Lipinski definition) is 3. The Kier molecular flexibility index (Phi) is 6.81. The molecule has 4 N–H and O–H groups in total. The van der Waals surface area contributed by atoms with Gasteiger partial charge in [0.1, 0.15) is 11.9 Å². The zero-order chi connectivity index (χ0) is 21.8. The average molecular weight is 510 g/mol. The molecule has 1 aromatic heterocycles. The fourth-order valence-corrected chi connectivity index (χ4v) is 6.10. The maximum atomic E-state index is 12.2. The fraction of sp³-hybridized carbons (Fsp3) is 0.444. The summed E-state index contributed by atoms with van der Waals surface area (Å²) in [5.41, 5.74) is 5.19. The molecule has 0 aliphatic heterocycles. The van der Waals surface area contributed by atoms with Crippen molar-refractivity contribution in [1.29, 1.82) is 0 Å². The van der Waals surface area contributed by atoms with Crippen LogP contribution in [-0.4, -0.2) is 53.8 Å².